The van der Waals surface area contributed by atoms with Gasteiger partial charge in [-0.3, -0.25) is 9.59 Å². The monoisotopic (exact) mass is 407 g/mol. The lowest BCUT2D eigenvalue weighted by atomic mass is 9.96. The Kier molecular flexibility index (Phi) is 5.74. The molecule has 1 aromatic carbocycles. The average molecular weight is 407 g/mol. The van der Waals surface area contributed by atoms with Gasteiger partial charge < -0.3 is 15.0 Å². The lowest BCUT2D eigenvalue weighted by Gasteiger charge is -2.32. The van der Waals surface area contributed by atoms with E-state index in [1.807, 2.05) is 18.7 Å². The minimum atomic E-state index is -3.66. The predicted octanol–water partition coefficient (Wildman–Crippen LogP) is 1.30. The largest absolute Gasteiger partial charge is 0.452 e. The summed E-state index contributed by atoms with van der Waals surface area (Å²) < 4.78 is 33.7. The number of esters is 1. The number of nitrogens with one attached hydrogen (secondary N) is 1. The van der Waals surface area contributed by atoms with Crippen LogP contribution in [0.4, 0.5) is 0 Å². The number of amides is 1. The first kappa shape index (κ1) is 20.3. The molecule has 0 spiro atoms. The molecule has 0 bridgehead atoms. The Balaban J connectivity index is 1.60. The number of amidine groups is 1. The van der Waals surface area contributed by atoms with Crippen molar-refractivity contribution >= 4 is 27.7 Å². The zero-order valence-electron chi connectivity index (χ0n) is 16.2. The Labute approximate surface area is 165 Å². The molecule has 0 unspecified atom stereocenters. The summed E-state index contributed by atoms with van der Waals surface area (Å²) in [6, 6.07) is 6.72. The lowest BCUT2D eigenvalue weighted by Crippen LogP contribution is -2.43. The van der Waals surface area contributed by atoms with Gasteiger partial charge in [-0.1, -0.05) is 12.1 Å². The Hall–Kier alpha value is -2.42. The van der Waals surface area contributed by atoms with Gasteiger partial charge in [0.05, 0.1) is 5.92 Å². The maximum absolute atomic E-state index is 12.4. The van der Waals surface area contributed by atoms with Crippen LogP contribution < -0.4 is 5.32 Å². The molecular weight excluding hydrogens is 382 g/mol. The fraction of sp³-hybridized carbons (Fsp3) is 0.526. The van der Waals surface area contributed by atoms with Gasteiger partial charge in [0.15, 0.2) is 11.9 Å². The zero-order chi connectivity index (χ0) is 20.5. The molecule has 8 nitrogen and oxygen atoms in total. The van der Waals surface area contributed by atoms with Crippen LogP contribution >= 0.6 is 0 Å². The molecule has 1 fully saturated rings. The molecule has 28 heavy (non-hydrogen) atoms. The Morgan fingerprint density at radius 3 is 2.46 bits per heavy atom. The van der Waals surface area contributed by atoms with Crippen LogP contribution in [0.2, 0.25) is 0 Å². The summed E-state index contributed by atoms with van der Waals surface area (Å²) in [4.78, 5) is 26.4. The fourth-order valence-electron chi connectivity index (χ4n) is 3.37. The highest BCUT2D eigenvalue weighted by Gasteiger charge is 2.35. The molecule has 1 atom stereocenters. The van der Waals surface area contributed by atoms with Gasteiger partial charge in [0.1, 0.15) is 4.90 Å². The molecule has 1 saturated heterocycles. The number of piperidine rings is 1. The van der Waals surface area contributed by atoms with Crippen LogP contribution in [0.25, 0.3) is 0 Å². The average Bonchev–Trinajstić information content (AvgIpc) is 2.93. The van der Waals surface area contributed by atoms with E-state index < -0.39 is 22.1 Å². The SMILES string of the molecule is CC(C)NC(=O)[C@H](C)OC(=O)C1CCN(C2=NS(=O)(=O)c3ccccc32)CC1. The van der Waals surface area contributed by atoms with Crippen LogP contribution in [0.15, 0.2) is 33.6 Å². The predicted molar refractivity (Wildman–Crippen MR) is 103 cm³/mol. The first-order valence-corrected chi connectivity index (χ1v) is 10.8. The summed E-state index contributed by atoms with van der Waals surface area (Å²) in [6.45, 7) is 6.22. The van der Waals surface area contributed by atoms with E-state index in [0.717, 1.165) is 0 Å². The zero-order valence-corrected chi connectivity index (χ0v) is 17.0. The van der Waals surface area contributed by atoms with E-state index >= 15 is 0 Å². The van der Waals surface area contributed by atoms with E-state index in [9.17, 15) is 18.0 Å². The van der Waals surface area contributed by atoms with Gasteiger partial charge in [0.2, 0.25) is 0 Å². The molecule has 0 radical (unpaired) electrons. The quantitative estimate of drug-likeness (QED) is 0.755. The van der Waals surface area contributed by atoms with E-state index in [-0.39, 0.29) is 22.8 Å². The van der Waals surface area contributed by atoms with E-state index in [2.05, 4.69) is 9.71 Å². The minimum Gasteiger partial charge on any atom is -0.452 e. The summed E-state index contributed by atoms with van der Waals surface area (Å²) in [6.07, 6.45) is 0.182. The van der Waals surface area contributed by atoms with Crippen molar-refractivity contribution in [3.05, 3.63) is 29.8 Å². The fourth-order valence-corrected chi connectivity index (χ4v) is 4.60. The van der Waals surface area contributed by atoms with Crippen molar-refractivity contribution in [3.63, 3.8) is 0 Å². The third kappa shape index (κ3) is 4.19. The Morgan fingerprint density at radius 1 is 1.18 bits per heavy atom. The summed E-state index contributed by atoms with van der Waals surface area (Å²) in [5.41, 5.74) is 0.600. The van der Waals surface area contributed by atoms with E-state index in [1.165, 1.54) is 0 Å². The molecule has 0 aliphatic carbocycles. The van der Waals surface area contributed by atoms with Gasteiger partial charge in [0.25, 0.3) is 15.9 Å². The van der Waals surface area contributed by atoms with E-state index in [4.69, 9.17) is 4.74 Å². The highest BCUT2D eigenvalue weighted by molar-refractivity contribution is 7.90. The summed E-state index contributed by atoms with van der Waals surface area (Å²) in [7, 11) is -3.66. The molecule has 3 rings (SSSR count). The third-order valence-corrected chi connectivity index (χ3v) is 6.16. The van der Waals surface area contributed by atoms with Gasteiger partial charge in [-0.15, -0.1) is 4.40 Å². The molecule has 0 saturated carbocycles. The maximum atomic E-state index is 12.4. The van der Waals surface area contributed by atoms with Gasteiger partial charge in [-0.25, -0.2) is 0 Å². The van der Waals surface area contributed by atoms with Crippen LogP contribution in [0, 0.1) is 5.92 Å². The molecule has 2 heterocycles. The molecule has 9 heteroatoms. The van der Waals surface area contributed by atoms with Gasteiger partial charge in [-0.2, -0.15) is 8.42 Å². The van der Waals surface area contributed by atoms with Crippen molar-refractivity contribution in [1.29, 1.82) is 0 Å². The van der Waals surface area contributed by atoms with Crippen LogP contribution in [0.1, 0.15) is 39.2 Å². The Morgan fingerprint density at radius 2 is 1.82 bits per heavy atom. The van der Waals surface area contributed by atoms with Gasteiger partial charge >= 0.3 is 5.97 Å². The second-order valence-corrected chi connectivity index (χ2v) is 8.96. The number of fused-ring (bicyclic) bond motifs is 1. The second-order valence-electron chi connectivity index (χ2n) is 7.39. The standard InChI is InChI=1S/C19H25N3O5S/c1-12(2)20-18(23)13(3)27-19(24)14-8-10-22(11-9-14)17-15-6-4-5-7-16(15)28(25,26)21-17/h4-7,12-14H,8-11H2,1-3H3,(H,20,23)/t13-/m0/s1. The van der Waals surface area contributed by atoms with Gasteiger partial charge in [-0.05, 0) is 45.7 Å². The number of rotatable bonds is 4. The molecule has 1 amide bonds. The summed E-state index contributed by atoms with van der Waals surface area (Å²) in [5.74, 6) is -0.596. The van der Waals surface area contributed by atoms with Crippen molar-refractivity contribution in [2.24, 2.45) is 10.3 Å². The van der Waals surface area contributed by atoms with Gasteiger partial charge in [0, 0.05) is 24.7 Å². The molecule has 1 N–H and O–H groups in total. The number of benzene rings is 1. The van der Waals surface area contributed by atoms with Crippen LogP contribution in [-0.2, 0) is 24.3 Å². The maximum Gasteiger partial charge on any atom is 0.309 e. The number of carbonyl (C=O) groups is 2. The topological polar surface area (TPSA) is 105 Å². The van der Waals surface area contributed by atoms with E-state index in [0.29, 0.717) is 37.3 Å². The number of likely N-dealkylation sites (tertiary alicyclic amines) is 1. The van der Waals surface area contributed by atoms with Crippen molar-refractivity contribution < 1.29 is 22.7 Å². The number of nitrogens with zero attached hydrogens (tertiary/aromatic N) is 2. The number of hydrogen-bond acceptors (Lipinski definition) is 6. The molecule has 2 aliphatic heterocycles. The van der Waals surface area contributed by atoms with Crippen LogP contribution in [0.3, 0.4) is 0 Å². The van der Waals surface area contributed by atoms with Crippen LogP contribution in [-0.4, -0.2) is 56.3 Å². The number of sulfonamides is 1. The third-order valence-electron chi connectivity index (χ3n) is 4.83. The van der Waals surface area contributed by atoms with Crippen molar-refractivity contribution in [2.45, 2.75) is 50.7 Å². The molecule has 0 aromatic heterocycles. The molecule has 1 aromatic rings. The highest BCUT2D eigenvalue weighted by atomic mass is 32.2. The van der Waals surface area contributed by atoms with Crippen molar-refractivity contribution in [2.75, 3.05) is 13.1 Å². The molecule has 152 valence electrons. The Bertz CT molecular complexity index is 902. The number of hydrogen-bond donors (Lipinski definition) is 1. The van der Waals surface area contributed by atoms with Crippen LogP contribution in [0.5, 0.6) is 0 Å². The first-order valence-electron chi connectivity index (χ1n) is 9.39. The first-order chi connectivity index (χ1) is 13.2. The summed E-state index contributed by atoms with van der Waals surface area (Å²) >= 11 is 0. The lowest BCUT2D eigenvalue weighted by molar-refractivity contribution is -0.160. The highest BCUT2D eigenvalue weighted by Crippen LogP contribution is 2.30. The number of ether oxygens (including phenoxy) is 1. The second kappa shape index (κ2) is 7.90. The molecular formula is C19H25N3O5S. The smallest absolute Gasteiger partial charge is 0.309 e. The normalized spacial score (nSPS) is 19.7. The number of carbonyl (C=O) groups excluding carboxylic acids is 2. The van der Waals surface area contributed by atoms with Crippen molar-refractivity contribution in [1.82, 2.24) is 10.2 Å². The van der Waals surface area contributed by atoms with E-state index in [1.54, 1.807) is 31.2 Å². The van der Waals surface area contributed by atoms with Crippen molar-refractivity contribution in [3.8, 4) is 0 Å². The summed E-state index contributed by atoms with van der Waals surface area (Å²) in [5, 5.41) is 2.72. The molecule has 2 aliphatic rings. The minimum absolute atomic E-state index is 0.0248.